The number of rotatable bonds is 5. The first-order valence-electron chi connectivity index (χ1n) is 6.17. The van der Waals surface area contributed by atoms with Gasteiger partial charge in [0.25, 0.3) is 0 Å². The second-order valence-electron chi connectivity index (χ2n) is 4.83. The predicted octanol–water partition coefficient (Wildman–Crippen LogP) is 1.32. The van der Waals surface area contributed by atoms with Crippen LogP contribution >= 0.6 is 12.4 Å². The van der Waals surface area contributed by atoms with E-state index in [-0.39, 0.29) is 24.9 Å². The summed E-state index contributed by atoms with van der Waals surface area (Å²) in [5.74, 6) is 1.24. The molecule has 3 unspecified atom stereocenters. The predicted molar refractivity (Wildman–Crippen MR) is 71.2 cm³/mol. The van der Waals surface area contributed by atoms with Crippen molar-refractivity contribution in [3.63, 3.8) is 0 Å². The van der Waals surface area contributed by atoms with Gasteiger partial charge in [0.2, 0.25) is 5.91 Å². The lowest BCUT2D eigenvalue weighted by Crippen LogP contribution is -2.45. The van der Waals surface area contributed by atoms with E-state index in [9.17, 15) is 4.79 Å². The van der Waals surface area contributed by atoms with Gasteiger partial charge in [-0.2, -0.15) is 0 Å². The summed E-state index contributed by atoms with van der Waals surface area (Å²) in [6.45, 7) is 3.31. The molecule has 1 aliphatic rings. The van der Waals surface area contributed by atoms with Crippen molar-refractivity contribution < 1.29 is 9.53 Å². The zero-order chi connectivity index (χ0) is 12.0. The smallest absolute Gasteiger partial charge is 0.239 e. The number of carbonyl (C=O) groups excluding carboxylic acids is 1. The van der Waals surface area contributed by atoms with Crippen LogP contribution in [0.5, 0.6) is 0 Å². The SMILES string of the molecule is COCC(N)C(=O)NCC1CCCCC1C.Cl. The van der Waals surface area contributed by atoms with Crippen LogP contribution in [0.1, 0.15) is 32.6 Å². The van der Waals surface area contributed by atoms with Crippen molar-refractivity contribution in [1.29, 1.82) is 0 Å². The molecule has 1 fully saturated rings. The topological polar surface area (TPSA) is 64.3 Å². The van der Waals surface area contributed by atoms with Gasteiger partial charge in [-0.05, 0) is 18.3 Å². The van der Waals surface area contributed by atoms with E-state index in [4.69, 9.17) is 10.5 Å². The summed E-state index contributed by atoms with van der Waals surface area (Å²) in [6.07, 6.45) is 5.12. The third kappa shape index (κ3) is 5.70. The van der Waals surface area contributed by atoms with Crippen molar-refractivity contribution in [1.82, 2.24) is 5.32 Å². The Hall–Kier alpha value is -0.320. The fourth-order valence-electron chi connectivity index (χ4n) is 2.31. The van der Waals surface area contributed by atoms with Crippen LogP contribution in [0.15, 0.2) is 0 Å². The van der Waals surface area contributed by atoms with Crippen LogP contribution in [-0.4, -0.2) is 32.2 Å². The maximum absolute atomic E-state index is 11.6. The summed E-state index contributed by atoms with van der Waals surface area (Å²) in [5.41, 5.74) is 5.64. The fraction of sp³-hybridized carbons (Fsp3) is 0.917. The average molecular weight is 265 g/mol. The maximum Gasteiger partial charge on any atom is 0.239 e. The lowest BCUT2D eigenvalue weighted by atomic mass is 9.80. The Kier molecular flexibility index (Phi) is 8.56. The largest absolute Gasteiger partial charge is 0.383 e. The van der Waals surface area contributed by atoms with Gasteiger partial charge in [-0.25, -0.2) is 0 Å². The molecule has 3 atom stereocenters. The molecule has 4 nitrogen and oxygen atoms in total. The first-order chi connectivity index (χ1) is 7.65. The third-order valence-electron chi connectivity index (χ3n) is 3.51. The quantitative estimate of drug-likeness (QED) is 0.787. The number of ether oxygens (including phenoxy) is 1. The maximum atomic E-state index is 11.6. The zero-order valence-electron chi connectivity index (χ0n) is 10.8. The molecule has 1 amide bonds. The Morgan fingerprint density at radius 1 is 1.47 bits per heavy atom. The summed E-state index contributed by atoms with van der Waals surface area (Å²) in [6, 6.07) is -0.538. The average Bonchev–Trinajstić information content (AvgIpc) is 2.28. The van der Waals surface area contributed by atoms with Gasteiger partial charge < -0.3 is 15.8 Å². The number of amides is 1. The molecular weight excluding hydrogens is 240 g/mol. The van der Waals surface area contributed by atoms with Crippen LogP contribution in [0.3, 0.4) is 0 Å². The first kappa shape index (κ1) is 16.7. The van der Waals surface area contributed by atoms with Gasteiger partial charge in [0, 0.05) is 13.7 Å². The van der Waals surface area contributed by atoms with E-state index in [0.29, 0.717) is 11.8 Å². The molecule has 3 N–H and O–H groups in total. The molecule has 1 rings (SSSR count). The van der Waals surface area contributed by atoms with E-state index in [1.54, 1.807) is 7.11 Å². The molecule has 5 heteroatoms. The van der Waals surface area contributed by atoms with Gasteiger partial charge in [-0.1, -0.05) is 26.2 Å². The number of hydrogen-bond donors (Lipinski definition) is 2. The summed E-state index contributed by atoms with van der Waals surface area (Å²) in [4.78, 5) is 11.6. The molecule has 0 heterocycles. The molecule has 0 spiro atoms. The molecule has 0 aromatic rings. The molecule has 1 saturated carbocycles. The van der Waals surface area contributed by atoms with Gasteiger partial charge in [0.1, 0.15) is 6.04 Å². The Morgan fingerprint density at radius 3 is 2.71 bits per heavy atom. The Bertz CT molecular complexity index is 227. The van der Waals surface area contributed by atoms with Crippen LogP contribution < -0.4 is 11.1 Å². The van der Waals surface area contributed by atoms with E-state index in [2.05, 4.69) is 12.2 Å². The molecule has 0 bridgehead atoms. The second kappa shape index (κ2) is 8.72. The van der Waals surface area contributed by atoms with Crippen LogP contribution in [0, 0.1) is 11.8 Å². The molecule has 0 aromatic heterocycles. The zero-order valence-corrected chi connectivity index (χ0v) is 11.6. The normalized spacial score (nSPS) is 25.8. The standard InChI is InChI=1S/C12H24N2O2.ClH/c1-9-5-3-4-6-10(9)7-14-12(15)11(13)8-16-2;/h9-11H,3-8,13H2,1-2H3,(H,14,15);1H. The minimum Gasteiger partial charge on any atom is -0.383 e. The second-order valence-corrected chi connectivity index (χ2v) is 4.83. The molecule has 0 saturated heterocycles. The Labute approximate surface area is 110 Å². The van der Waals surface area contributed by atoms with E-state index < -0.39 is 6.04 Å². The molecule has 1 aliphatic carbocycles. The van der Waals surface area contributed by atoms with Crippen LogP contribution in [0.4, 0.5) is 0 Å². The highest BCUT2D eigenvalue weighted by Gasteiger charge is 2.22. The van der Waals surface area contributed by atoms with Crippen molar-refractivity contribution >= 4 is 18.3 Å². The van der Waals surface area contributed by atoms with Crippen LogP contribution in [0.2, 0.25) is 0 Å². The summed E-state index contributed by atoms with van der Waals surface area (Å²) in [7, 11) is 1.55. The number of nitrogens with two attached hydrogens (primary N) is 1. The highest BCUT2D eigenvalue weighted by Crippen LogP contribution is 2.28. The van der Waals surface area contributed by atoms with Crippen LogP contribution in [0.25, 0.3) is 0 Å². The summed E-state index contributed by atoms with van der Waals surface area (Å²) < 4.78 is 4.85. The summed E-state index contributed by atoms with van der Waals surface area (Å²) >= 11 is 0. The van der Waals surface area contributed by atoms with Gasteiger partial charge in [-0.3, -0.25) is 4.79 Å². The number of halogens is 1. The number of carbonyl (C=O) groups is 1. The molecule has 102 valence electrons. The van der Waals surface area contributed by atoms with Crippen molar-refractivity contribution in [3.8, 4) is 0 Å². The number of nitrogens with one attached hydrogen (secondary N) is 1. The Morgan fingerprint density at radius 2 is 2.12 bits per heavy atom. The van der Waals surface area contributed by atoms with Gasteiger partial charge in [-0.15, -0.1) is 12.4 Å². The molecular formula is C12H25ClN2O2. The summed E-state index contributed by atoms with van der Waals surface area (Å²) in [5, 5.41) is 2.92. The van der Waals surface area contributed by atoms with E-state index in [1.165, 1.54) is 25.7 Å². The lowest BCUT2D eigenvalue weighted by molar-refractivity contribution is -0.123. The van der Waals surface area contributed by atoms with E-state index >= 15 is 0 Å². The Balaban J connectivity index is 0.00000256. The molecule has 0 aromatic carbocycles. The van der Waals surface area contributed by atoms with Crippen molar-refractivity contribution in [2.75, 3.05) is 20.3 Å². The van der Waals surface area contributed by atoms with Crippen molar-refractivity contribution in [2.45, 2.75) is 38.6 Å². The van der Waals surface area contributed by atoms with Crippen LogP contribution in [-0.2, 0) is 9.53 Å². The van der Waals surface area contributed by atoms with Gasteiger partial charge in [0.15, 0.2) is 0 Å². The number of methoxy groups -OCH3 is 1. The lowest BCUT2D eigenvalue weighted by Gasteiger charge is -2.29. The van der Waals surface area contributed by atoms with E-state index in [1.807, 2.05) is 0 Å². The third-order valence-corrected chi connectivity index (χ3v) is 3.51. The monoisotopic (exact) mass is 264 g/mol. The van der Waals surface area contributed by atoms with Gasteiger partial charge in [0.05, 0.1) is 6.61 Å². The highest BCUT2D eigenvalue weighted by atomic mass is 35.5. The number of hydrogen-bond acceptors (Lipinski definition) is 3. The minimum atomic E-state index is -0.538. The first-order valence-corrected chi connectivity index (χ1v) is 6.17. The fourth-order valence-corrected chi connectivity index (χ4v) is 2.31. The van der Waals surface area contributed by atoms with E-state index in [0.717, 1.165) is 6.54 Å². The molecule has 0 aliphatic heterocycles. The minimum absolute atomic E-state index is 0. The van der Waals surface area contributed by atoms with Gasteiger partial charge >= 0.3 is 0 Å². The van der Waals surface area contributed by atoms with Crippen molar-refractivity contribution in [3.05, 3.63) is 0 Å². The van der Waals surface area contributed by atoms with Crippen molar-refractivity contribution in [2.24, 2.45) is 17.6 Å². The highest BCUT2D eigenvalue weighted by molar-refractivity contribution is 5.85. The molecule has 17 heavy (non-hydrogen) atoms. The molecule has 0 radical (unpaired) electrons.